The molecule has 192 valence electrons. The summed E-state index contributed by atoms with van der Waals surface area (Å²) < 4.78 is 21.2. The van der Waals surface area contributed by atoms with E-state index in [1.54, 1.807) is 0 Å². The van der Waals surface area contributed by atoms with Crippen LogP contribution in [0.15, 0.2) is 42.5 Å². The van der Waals surface area contributed by atoms with Gasteiger partial charge in [-0.1, -0.05) is 95.4 Å². The van der Waals surface area contributed by atoms with Crippen molar-refractivity contribution in [3.8, 4) is 5.75 Å². The predicted octanol–water partition coefficient (Wildman–Crippen LogP) is 10.4. The quantitative estimate of drug-likeness (QED) is 0.230. The second-order valence-electron chi connectivity index (χ2n) is 11.4. The van der Waals surface area contributed by atoms with Gasteiger partial charge in [-0.3, -0.25) is 0 Å². The van der Waals surface area contributed by atoms with Gasteiger partial charge in [-0.05, 0) is 85.4 Å². The Hall–Kier alpha value is -1.83. The van der Waals surface area contributed by atoms with E-state index in [1.807, 2.05) is 43.3 Å². The molecule has 0 bridgehead atoms. The fourth-order valence-electron chi connectivity index (χ4n) is 6.66. The van der Waals surface area contributed by atoms with Crippen molar-refractivity contribution in [2.45, 2.75) is 110 Å². The van der Waals surface area contributed by atoms with Crippen molar-refractivity contribution in [3.63, 3.8) is 0 Å². The van der Waals surface area contributed by atoms with Gasteiger partial charge in [0.15, 0.2) is 0 Å². The second kappa shape index (κ2) is 13.5. The van der Waals surface area contributed by atoms with Crippen molar-refractivity contribution in [3.05, 3.63) is 53.9 Å². The third-order valence-electron chi connectivity index (χ3n) is 8.99. The summed E-state index contributed by atoms with van der Waals surface area (Å²) in [7, 11) is 0. The fourth-order valence-corrected chi connectivity index (χ4v) is 6.66. The first kappa shape index (κ1) is 26.2. The Morgan fingerprint density at radius 2 is 1.49 bits per heavy atom. The monoisotopic (exact) mass is 478 g/mol. The van der Waals surface area contributed by atoms with E-state index in [0.717, 1.165) is 52.7 Å². The number of benzene rings is 2. The third-order valence-corrected chi connectivity index (χ3v) is 8.99. The van der Waals surface area contributed by atoms with E-state index in [2.05, 4.69) is 13.0 Å². The highest BCUT2D eigenvalue weighted by molar-refractivity contribution is 5.85. The highest BCUT2D eigenvalue weighted by atomic mass is 19.1. The lowest BCUT2D eigenvalue weighted by molar-refractivity contribution is 0.222. The molecule has 0 unspecified atom stereocenters. The predicted molar refractivity (Wildman–Crippen MR) is 148 cm³/mol. The average Bonchev–Trinajstić information content (AvgIpc) is 2.89. The lowest BCUT2D eigenvalue weighted by atomic mass is 9.73. The van der Waals surface area contributed by atoms with Crippen LogP contribution in [0.3, 0.4) is 0 Å². The molecule has 0 radical (unpaired) electrons. The molecule has 0 aliphatic heterocycles. The van der Waals surface area contributed by atoms with E-state index >= 15 is 4.39 Å². The van der Waals surface area contributed by atoms with Crippen molar-refractivity contribution in [2.75, 3.05) is 6.61 Å². The number of ether oxygens (including phenoxy) is 1. The molecule has 2 fully saturated rings. The molecule has 2 aromatic rings. The molecule has 35 heavy (non-hydrogen) atoms. The Labute approximate surface area is 213 Å². The van der Waals surface area contributed by atoms with Gasteiger partial charge in [-0.15, -0.1) is 0 Å². The van der Waals surface area contributed by atoms with E-state index in [0.29, 0.717) is 12.5 Å². The summed E-state index contributed by atoms with van der Waals surface area (Å²) in [5.41, 5.74) is 0.930. The number of fused-ring (bicyclic) bond motifs is 1. The van der Waals surface area contributed by atoms with Gasteiger partial charge in [0.2, 0.25) is 0 Å². The first-order valence-corrected chi connectivity index (χ1v) is 14.6. The number of rotatable bonds is 11. The van der Waals surface area contributed by atoms with Crippen LogP contribution in [-0.2, 0) is 0 Å². The molecule has 2 aliphatic carbocycles. The van der Waals surface area contributed by atoms with Crippen molar-refractivity contribution in [2.24, 2.45) is 17.8 Å². The van der Waals surface area contributed by atoms with Crippen molar-refractivity contribution in [1.29, 1.82) is 0 Å². The molecule has 2 heteroatoms. The zero-order chi connectivity index (χ0) is 24.5. The molecule has 0 N–H and O–H groups in total. The SMILES string of the molecule is CC=CCOc1ccc2c(F)c(C3CCC(CCC4CCC(CCCCC)CC4)CC3)ccc2c1. The standard InChI is InChI=1S/C33H47FO/c1-3-5-7-8-25-9-11-26(12-10-25)13-14-27-15-17-28(18-16-27)31-21-19-29-24-30(35-23-6-4-2)20-22-32(29)33(31)34/h4,6,19-22,24-28H,3,5,7-18,23H2,1-2H3. The average molecular weight is 479 g/mol. The van der Waals surface area contributed by atoms with Crippen LogP contribution in [0.5, 0.6) is 5.75 Å². The zero-order valence-corrected chi connectivity index (χ0v) is 22.2. The Bertz CT molecular complexity index is 932. The summed E-state index contributed by atoms with van der Waals surface area (Å²) in [6, 6.07) is 9.87. The molecule has 4 rings (SSSR count). The molecule has 2 aromatic carbocycles. The van der Waals surface area contributed by atoms with Crippen LogP contribution in [0.1, 0.15) is 115 Å². The Morgan fingerprint density at radius 3 is 2.14 bits per heavy atom. The normalized spacial score (nSPS) is 25.3. The summed E-state index contributed by atoms with van der Waals surface area (Å²) in [6.07, 6.45) is 23.2. The number of unbranched alkanes of at least 4 members (excludes halogenated alkanes) is 2. The van der Waals surface area contributed by atoms with Crippen LogP contribution in [0.25, 0.3) is 10.8 Å². The number of halogens is 1. The van der Waals surface area contributed by atoms with Crippen LogP contribution >= 0.6 is 0 Å². The van der Waals surface area contributed by atoms with Crippen LogP contribution in [-0.4, -0.2) is 6.61 Å². The molecular weight excluding hydrogens is 431 g/mol. The lowest BCUT2D eigenvalue weighted by Crippen LogP contribution is -2.18. The molecule has 0 heterocycles. The largest absolute Gasteiger partial charge is 0.490 e. The van der Waals surface area contributed by atoms with Gasteiger partial charge in [0, 0.05) is 5.39 Å². The second-order valence-corrected chi connectivity index (χ2v) is 11.4. The van der Waals surface area contributed by atoms with Crippen LogP contribution in [0, 0.1) is 23.6 Å². The highest BCUT2D eigenvalue weighted by Crippen LogP contribution is 2.42. The molecule has 0 aromatic heterocycles. The van der Waals surface area contributed by atoms with Gasteiger partial charge in [0.1, 0.15) is 18.2 Å². The molecule has 2 saturated carbocycles. The molecule has 0 amide bonds. The lowest BCUT2D eigenvalue weighted by Gasteiger charge is -2.32. The van der Waals surface area contributed by atoms with Gasteiger partial charge in [0.05, 0.1) is 0 Å². The van der Waals surface area contributed by atoms with Crippen molar-refractivity contribution < 1.29 is 9.13 Å². The first-order chi connectivity index (χ1) is 17.2. The topological polar surface area (TPSA) is 9.23 Å². The van der Waals surface area contributed by atoms with Gasteiger partial charge >= 0.3 is 0 Å². The summed E-state index contributed by atoms with van der Waals surface area (Å²) in [5, 5.41) is 1.66. The van der Waals surface area contributed by atoms with E-state index < -0.39 is 0 Å². The van der Waals surface area contributed by atoms with E-state index in [4.69, 9.17) is 4.74 Å². The third kappa shape index (κ3) is 7.34. The number of allylic oxidation sites excluding steroid dienone is 1. The summed E-state index contributed by atoms with van der Waals surface area (Å²) in [4.78, 5) is 0. The number of hydrogen-bond acceptors (Lipinski definition) is 1. The molecular formula is C33H47FO. The fraction of sp³-hybridized carbons (Fsp3) is 0.636. The van der Waals surface area contributed by atoms with E-state index in [9.17, 15) is 0 Å². The van der Waals surface area contributed by atoms with E-state index in [1.165, 1.54) is 77.0 Å². The van der Waals surface area contributed by atoms with Gasteiger partial charge in [-0.2, -0.15) is 0 Å². The molecule has 1 nitrogen and oxygen atoms in total. The first-order valence-electron chi connectivity index (χ1n) is 14.6. The van der Waals surface area contributed by atoms with E-state index in [-0.39, 0.29) is 5.82 Å². The minimum atomic E-state index is -0.0124. The Morgan fingerprint density at radius 1 is 0.829 bits per heavy atom. The van der Waals surface area contributed by atoms with Gasteiger partial charge < -0.3 is 4.74 Å². The zero-order valence-electron chi connectivity index (χ0n) is 22.2. The summed E-state index contributed by atoms with van der Waals surface area (Å²) in [5.74, 6) is 4.01. The Balaban J connectivity index is 1.23. The van der Waals surface area contributed by atoms with Crippen LogP contribution < -0.4 is 4.74 Å². The molecule has 0 saturated heterocycles. The highest BCUT2D eigenvalue weighted by Gasteiger charge is 2.27. The van der Waals surface area contributed by atoms with Gasteiger partial charge in [0.25, 0.3) is 0 Å². The molecule has 0 atom stereocenters. The van der Waals surface area contributed by atoms with Crippen LogP contribution in [0.2, 0.25) is 0 Å². The maximum atomic E-state index is 15.5. The Kier molecular flexibility index (Phi) is 10.1. The van der Waals surface area contributed by atoms with Crippen molar-refractivity contribution >= 4 is 10.8 Å². The maximum Gasteiger partial charge on any atom is 0.134 e. The number of hydrogen-bond donors (Lipinski definition) is 0. The smallest absolute Gasteiger partial charge is 0.134 e. The molecule has 0 spiro atoms. The van der Waals surface area contributed by atoms with Crippen LogP contribution in [0.4, 0.5) is 4.39 Å². The minimum Gasteiger partial charge on any atom is -0.490 e. The molecule has 2 aliphatic rings. The van der Waals surface area contributed by atoms with Crippen molar-refractivity contribution in [1.82, 2.24) is 0 Å². The maximum absolute atomic E-state index is 15.5. The summed E-state index contributed by atoms with van der Waals surface area (Å²) >= 11 is 0. The summed E-state index contributed by atoms with van der Waals surface area (Å²) in [6.45, 7) is 4.84. The van der Waals surface area contributed by atoms with Gasteiger partial charge in [-0.25, -0.2) is 4.39 Å². The minimum absolute atomic E-state index is 0.0124.